The van der Waals surface area contributed by atoms with Crippen molar-refractivity contribution in [1.29, 1.82) is 0 Å². The van der Waals surface area contributed by atoms with Gasteiger partial charge in [-0.3, -0.25) is 14.3 Å². The van der Waals surface area contributed by atoms with Crippen LogP contribution in [0.4, 0.5) is 16.5 Å². The highest BCUT2D eigenvalue weighted by Crippen LogP contribution is 2.66. The highest BCUT2D eigenvalue weighted by atomic mass is 32.2. The van der Waals surface area contributed by atoms with Crippen LogP contribution >= 0.6 is 23.6 Å². The van der Waals surface area contributed by atoms with E-state index in [-0.39, 0.29) is 38.3 Å². The van der Waals surface area contributed by atoms with E-state index in [1.165, 1.54) is 77.4 Å². The summed E-state index contributed by atoms with van der Waals surface area (Å²) in [7, 11) is 0.350. The van der Waals surface area contributed by atoms with Crippen LogP contribution in [0.2, 0.25) is 0 Å². The first-order chi connectivity index (χ1) is 33.0. The first-order valence-electron chi connectivity index (χ1n) is 22.4. The molecule has 356 valence electrons. The summed E-state index contributed by atoms with van der Waals surface area (Å²) in [5.74, 6) is 5.94. The van der Waals surface area contributed by atoms with Crippen molar-refractivity contribution in [3.63, 3.8) is 0 Å². The van der Waals surface area contributed by atoms with Crippen molar-refractivity contribution in [2.45, 2.75) is 75.2 Å². The molecule has 3 heterocycles. The minimum absolute atomic E-state index is 0.00151. The summed E-state index contributed by atoms with van der Waals surface area (Å²) in [6.45, 7) is 4.15. The number of nitrogens with zero attached hydrogens (tertiary/aromatic N) is 4. The molecule has 6 aromatic rings. The van der Waals surface area contributed by atoms with E-state index in [2.05, 4.69) is 97.0 Å². The molecule has 2 saturated carbocycles. The highest BCUT2D eigenvalue weighted by Gasteiger charge is 2.62. The summed E-state index contributed by atoms with van der Waals surface area (Å²) in [6, 6.07) is 20.3. The Morgan fingerprint density at radius 3 is 2.33 bits per heavy atom. The number of allylic oxidation sites excluding steroid dienone is 4. The predicted molar refractivity (Wildman–Crippen MR) is 269 cm³/mol. The SMILES string of the molecule is CC#C[C@]1(O)CC[C@H]2[C@@H]3CCC4=CC(=O)CCC4=C3[C@@H](c3ccc(N(C)C)cc3)C[C@@]21C.O=C(O)c1ccccc1C(=O)Nc1ccc(S(=O)(=O)Nc2nccs2)cc1.S=c1nc[nH]c2nc[nH]c12. The number of aromatic amines is 2. The summed E-state index contributed by atoms with van der Waals surface area (Å²) in [4.78, 5) is 55.3. The third kappa shape index (κ3) is 10.0. The number of amides is 1. The molecule has 2 fully saturated rings. The van der Waals surface area contributed by atoms with E-state index >= 15 is 0 Å². The first kappa shape index (κ1) is 48.7. The number of H-pyrrole nitrogens is 2. The van der Waals surface area contributed by atoms with Gasteiger partial charge in [0.1, 0.15) is 11.1 Å². The fourth-order valence-corrected chi connectivity index (χ4v) is 12.4. The van der Waals surface area contributed by atoms with Crippen molar-refractivity contribution in [2.75, 3.05) is 29.0 Å². The van der Waals surface area contributed by atoms with Crippen LogP contribution in [0.3, 0.4) is 0 Å². The van der Waals surface area contributed by atoms with Crippen LogP contribution in [0, 0.1) is 33.7 Å². The topological polar surface area (TPSA) is 223 Å². The van der Waals surface area contributed by atoms with Crippen LogP contribution in [0.1, 0.15) is 91.0 Å². The number of anilines is 3. The van der Waals surface area contributed by atoms with Crippen LogP contribution in [-0.4, -0.2) is 80.9 Å². The lowest BCUT2D eigenvalue weighted by atomic mass is 9.51. The summed E-state index contributed by atoms with van der Waals surface area (Å²) < 4.78 is 27.4. The summed E-state index contributed by atoms with van der Waals surface area (Å²) in [5.41, 5.74) is 7.46. The van der Waals surface area contributed by atoms with E-state index in [0.717, 1.165) is 61.0 Å². The summed E-state index contributed by atoms with van der Waals surface area (Å²) >= 11 is 6.06. The lowest BCUT2D eigenvalue weighted by Crippen LogP contribution is -2.51. The molecule has 4 aliphatic rings. The number of aromatic nitrogens is 5. The summed E-state index contributed by atoms with van der Waals surface area (Å²) in [6.07, 6.45) is 12.8. The minimum Gasteiger partial charge on any atom is -0.478 e. The van der Waals surface area contributed by atoms with E-state index in [0.29, 0.717) is 28.6 Å². The Bertz CT molecular complexity index is 3210. The Labute approximate surface area is 409 Å². The van der Waals surface area contributed by atoms with Gasteiger partial charge in [-0.15, -0.1) is 17.3 Å². The van der Waals surface area contributed by atoms with Crippen LogP contribution in [0.5, 0.6) is 0 Å². The molecule has 0 aliphatic heterocycles. The van der Waals surface area contributed by atoms with E-state index < -0.39 is 27.5 Å². The van der Waals surface area contributed by atoms with Crippen molar-refractivity contribution in [2.24, 2.45) is 17.3 Å². The zero-order chi connectivity index (χ0) is 49.1. The molecule has 69 heavy (non-hydrogen) atoms. The van der Waals surface area contributed by atoms with Crippen molar-refractivity contribution >= 4 is 78.9 Å². The molecule has 3 aromatic carbocycles. The second kappa shape index (κ2) is 20.1. The third-order valence-corrected chi connectivity index (χ3v) is 16.2. The number of sulfonamides is 1. The van der Waals surface area contributed by atoms with Gasteiger partial charge in [0.15, 0.2) is 21.2 Å². The number of imidazole rings is 1. The molecule has 0 unspecified atom stereocenters. The van der Waals surface area contributed by atoms with Crippen LogP contribution in [0.25, 0.3) is 11.2 Å². The number of nitrogens with one attached hydrogen (secondary N) is 4. The number of hydrogen-bond donors (Lipinski definition) is 6. The van der Waals surface area contributed by atoms with Gasteiger partial charge in [0.2, 0.25) is 0 Å². The number of fused-ring (bicyclic) bond motifs is 5. The number of benzene rings is 3. The van der Waals surface area contributed by atoms with Crippen LogP contribution in [0.15, 0.2) is 125 Å². The molecular weight excluding hydrogens is 933 g/mol. The number of rotatable bonds is 8. The second-order valence-electron chi connectivity index (χ2n) is 17.9. The van der Waals surface area contributed by atoms with Crippen molar-refractivity contribution < 1.29 is 33.0 Å². The normalized spacial score (nSPS) is 22.4. The van der Waals surface area contributed by atoms with Gasteiger partial charge in [-0.25, -0.2) is 28.2 Å². The van der Waals surface area contributed by atoms with Gasteiger partial charge in [-0.2, -0.15) is 0 Å². The van der Waals surface area contributed by atoms with Gasteiger partial charge >= 0.3 is 5.97 Å². The molecule has 0 spiro atoms. The fraction of sp³-hybridized carbons (Fsp3) is 0.314. The lowest BCUT2D eigenvalue weighted by Gasteiger charge is -2.53. The molecule has 0 bridgehead atoms. The first-order valence-corrected chi connectivity index (χ1v) is 25.2. The molecular formula is C51H52N8O7S3. The molecule has 0 saturated heterocycles. The van der Waals surface area contributed by atoms with E-state index in [9.17, 15) is 27.9 Å². The number of carboxylic acid groups (broad SMARTS) is 1. The van der Waals surface area contributed by atoms with Gasteiger partial charge in [0, 0.05) is 54.8 Å². The fourth-order valence-electron chi connectivity index (χ4n) is 10.4. The van der Waals surface area contributed by atoms with Gasteiger partial charge < -0.3 is 30.4 Å². The van der Waals surface area contributed by atoms with Gasteiger partial charge in [0.05, 0.1) is 28.7 Å². The van der Waals surface area contributed by atoms with E-state index in [1.807, 2.05) is 13.0 Å². The zero-order valence-corrected chi connectivity index (χ0v) is 40.9. The van der Waals surface area contributed by atoms with Crippen LogP contribution < -0.4 is 14.9 Å². The maximum atomic E-state index is 12.3. The molecule has 6 N–H and O–H groups in total. The standard InChI is InChI=1S/C29H35NO2.C17H13N3O5S2.C5H4N4S/c1-5-15-29(32)16-14-26-24-12-8-20-17-22(31)11-13-23(20)27(24)25(18-28(26,29)2)19-6-9-21(10-7-19)30(3)4;21-15(13-3-1-2-4-14(13)16(22)23)19-11-5-7-12(8-6-11)27(24,25)20-17-18-9-10-26-17;10-5-3-4(7-1-6-3)8-2-9-5/h6-7,9-10,17,24-26,32H,8,11-14,16,18H2,1-4H3;1-10H,(H,18,20)(H,19,21)(H,22,23);1-2H,(H2,6,7,8,9,10)/t24-,25+,26-,28-,29-;;/m0../s1. The lowest BCUT2D eigenvalue weighted by molar-refractivity contribution is -0.114. The quantitative estimate of drug-likeness (QED) is 0.0620. The van der Waals surface area contributed by atoms with Gasteiger partial charge in [-0.1, -0.05) is 54.9 Å². The van der Waals surface area contributed by atoms with Crippen molar-refractivity contribution in [3.05, 3.63) is 141 Å². The number of aromatic carboxylic acids is 1. The molecule has 3 aromatic heterocycles. The molecule has 4 aliphatic carbocycles. The Morgan fingerprint density at radius 1 is 0.942 bits per heavy atom. The van der Waals surface area contributed by atoms with E-state index in [1.54, 1.807) is 23.3 Å². The van der Waals surface area contributed by atoms with Crippen molar-refractivity contribution in [3.8, 4) is 11.8 Å². The largest absolute Gasteiger partial charge is 0.478 e. The maximum Gasteiger partial charge on any atom is 0.336 e. The number of thiazole rings is 1. The minimum atomic E-state index is -3.79. The average molecular weight is 985 g/mol. The Kier molecular flexibility index (Phi) is 14.1. The Morgan fingerprint density at radius 2 is 1.67 bits per heavy atom. The number of aliphatic hydroxyl groups is 1. The third-order valence-electron chi connectivity index (χ3n) is 13.7. The Hall–Kier alpha value is -6.78. The molecule has 10 rings (SSSR count). The van der Waals surface area contributed by atoms with E-state index in [4.69, 9.17) is 17.3 Å². The maximum absolute atomic E-state index is 12.3. The smallest absolute Gasteiger partial charge is 0.336 e. The molecule has 1 amide bonds. The molecule has 5 atom stereocenters. The second-order valence-corrected chi connectivity index (χ2v) is 20.8. The van der Waals surface area contributed by atoms with Crippen molar-refractivity contribution in [1.82, 2.24) is 24.9 Å². The molecule has 18 heteroatoms. The van der Waals surface area contributed by atoms with Gasteiger partial charge in [0.25, 0.3) is 15.9 Å². The Balaban J connectivity index is 0.000000156. The number of ketones is 1. The molecule has 15 nitrogen and oxygen atoms in total. The predicted octanol–water partition coefficient (Wildman–Crippen LogP) is 9.32. The van der Waals surface area contributed by atoms with Gasteiger partial charge in [-0.05, 0) is 129 Å². The number of hydrogen-bond acceptors (Lipinski definition) is 12. The monoisotopic (exact) mass is 984 g/mol. The number of carboxylic acids is 1. The average Bonchev–Trinajstić information content (AvgIpc) is 4.10. The summed E-state index contributed by atoms with van der Waals surface area (Å²) in [5, 5.41) is 25.3. The number of carbonyl (C=O) groups is 3. The zero-order valence-electron chi connectivity index (χ0n) is 38.4. The number of carbonyl (C=O) groups excluding carboxylic acids is 2. The molecule has 0 radical (unpaired) electrons. The van der Waals surface area contributed by atoms with Crippen LogP contribution in [-0.2, 0) is 14.8 Å². The highest BCUT2D eigenvalue weighted by molar-refractivity contribution is 7.93.